The molecule has 1 atom stereocenters. The van der Waals surface area contributed by atoms with Crippen LogP contribution in [0.1, 0.15) is 33.3 Å². The van der Waals surface area contributed by atoms with Gasteiger partial charge in [-0.25, -0.2) is 9.37 Å². The van der Waals surface area contributed by atoms with Crippen LogP contribution in [0.5, 0.6) is 17.2 Å². The molecular weight excluding hydrogens is 455 g/mol. The summed E-state index contributed by atoms with van der Waals surface area (Å²) in [6.45, 7) is 3.01. The fraction of sp³-hybridized carbons (Fsp3) is 0.269. The average molecular weight is 483 g/mol. The molecule has 184 valence electrons. The first kappa shape index (κ1) is 25.6. The van der Waals surface area contributed by atoms with Crippen LogP contribution in [0.25, 0.3) is 11.3 Å². The smallest absolute Gasteiger partial charge is 0.251 e. The van der Waals surface area contributed by atoms with Gasteiger partial charge >= 0.3 is 0 Å². The van der Waals surface area contributed by atoms with E-state index in [1.54, 1.807) is 38.1 Å². The van der Waals surface area contributed by atoms with Gasteiger partial charge in [0.1, 0.15) is 29.6 Å². The van der Waals surface area contributed by atoms with Crippen LogP contribution in [0.15, 0.2) is 48.5 Å². The maximum atomic E-state index is 13.7. The first-order valence-corrected chi connectivity index (χ1v) is 10.8. The van der Waals surface area contributed by atoms with Crippen molar-refractivity contribution in [2.45, 2.75) is 20.0 Å². The predicted octanol–water partition coefficient (Wildman–Crippen LogP) is 3.59. The van der Waals surface area contributed by atoms with Crippen molar-refractivity contribution in [2.75, 3.05) is 27.4 Å². The van der Waals surface area contributed by atoms with Crippen molar-refractivity contribution in [3.8, 4) is 28.5 Å². The van der Waals surface area contributed by atoms with Crippen molar-refractivity contribution >= 4 is 11.7 Å². The summed E-state index contributed by atoms with van der Waals surface area (Å²) >= 11 is 0. The molecule has 0 fully saturated rings. The number of pyridine rings is 1. The highest BCUT2D eigenvalue weighted by molar-refractivity contribution is 6.01. The lowest BCUT2D eigenvalue weighted by molar-refractivity contribution is 0.0901. The van der Waals surface area contributed by atoms with Crippen LogP contribution in [0, 0.1) is 12.7 Å². The molecule has 2 aromatic carbocycles. The molecule has 1 unspecified atom stereocenters. The number of ketones is 1. The summed E-state index contributed by atoms with van der Waals surface area (Å²) in [4.78, 5) is 29.8. The van der Waals surface area contributed by atoms with E-state index >= 15 is 0 Å². The summed E-state index contributed by atoms with van der Waals surface area (Å²) in [6, 6.07) is 12.2. The second kappa shape index (κ2) is 11.4. The number of aliphatic hydroxyl groups is 1. The number of carbonyl (C=O) groups excluding carboxylic acids is 2. The first-order valence-electron chi connectivity index (χ1n) is 10.8. The number of hydrogen-bond acceptors (Lipinski definition) is 7. The molecule has 0 aliphatic heterocycles. The van der Waals surface area contributed by atoms with Crippen molar-refractivity contribution in [3.63, 3.8) is 0 Å². The molecule has 8 nitrogen and oxygen atoms in total. The zero-order valence-corrected chi connectivity index (χ0v) is 19.9. The van der Waals surface area contributed by atoms with E-state index in [-0.39, 0.29) is 30.2 Å². The maximum absolute atomic E-state index is 13.7. The van der Waals surface area contributed by atoms with Crippen LogP contribution in [0.3, 0.4) is 0 Å². The van der Waals surface area contributed by atoms with E-state index in [0.717, 1.165) is 0 Å². The minimum absolute atomic E-state index is 0.0742. The average Bonchev–Trinajstić information content (AvgIpc) is 2.86. The Morgan fingerprint density at radius 3 is 2.40 bits per heavy atom. The molecule has 0 aliphatic rings. The molecule has 3 aromatic rings. The Hall–Kier alpha value is -3.98. The Morgan fingerprint density at radius 2 is 1.74 bits per heavy atom. The molecule has 0 saturated carbocycles. The number of benzene rings is 2. The van der Waals surface area contributed by atoms with Gasteiger partial charge in [-0.1, -0.05) is 0 Å². The predicted molar refractivity (Wildman–Crippen MR) is 128 cm³/mol. The molecule has 0 spiro atoms. The number of nitrogens with zero attached hydrogens (tertiary/aromatic N) is 1. The number of nitrogens with one attached hydrogen (secondary N) is 1. The summed E-state index contributed by atoms with van der Waals surface area (Å²) in [5.41, 5.74) is 1.83. The molecular formula is C26H27FN2O6. The van der Waals surface area contributed by atoms with Gasteiger partial charge < -0.3 is 24.6 Å². The van der Waals surface area contributed by atoms with Crippen LogP contribution in [0.4, 0.5) is 4.39 Å². The third kappa shape index (κ3) is 6.33. The van der Waals surface area contributed by atoms with E-state index in [2.05, 4.69) is 10.3 Å². The Balaban J connectivity index is 1.73. The number of rotatable bonds is 10. The van der Waals surface area contributed by atoms with Gasteiger partial charge in [0.25, 0.3) is 5.91 Å². The summed E-state index contributed by atoms with van der Waals surface area (Å²) in [5, 5.41) is 12.0. The number of Topliss-reactive ketones (excluding diaryl/α,β-unsaturated/α-hetero) is 1. The van der Waals surface area contributed by atoms with E-state index < -0.39 is 17.8 Å². The minimum Gasteiger partial charge on any atom is -0.494 e. The molecule has 1 aromatic heterocycles. The number of carbonyl (C=O) groups is 2. The molecule has 9 heteroatoms. The van der Waals surface area contributed by atoms with E-state index in [1.807, 2.05) is 0 Å². The molecule has 1 amide bonds. The SMILES string of the molecule is COc1cc(C(=O)NCC(=O)c2ccc(OC)c(-c3ccc(F)c(C)c3)n2)ccc1OCC(C)O. The zero-order valence-electron chi connectivity index (χ0n) is 19.9. The number of ether oxygens (including phenoxy) is 3. The number of aryl methyl sites for hydroxylation is 1. The Bertz CT molecular complexity index is 1230. The van der Waals surface area contributed by atoms with Gasteiger partial charge in [0.05, 0.1) is 26.9 Å². The van der Waals surface area contributed by atoms with Gasteiger partial charge in [0.15, 0.2) is 17.3 Å². The normalized spacial score (nSPS) is 11.5. The van der Waals surface area contributed by atoms with Crippen molar-refractivity contribution in [3.05, 3.63) is 71.2 Å². The number of hydrogen-bond donors (Lipinski definition) is 2. The van der Waals surface area contributed by atoms with Crippen LogP contribution >= 0.6 is 0 Å². The van der Waals surface area contributed by atoms with E-state index in [9.17, 15) is 19.1 Å². The van der Waals surface area contributed by atoms with Crippen LogP contribution in [-0.2, 0) is 0 Å². The summed E-state index contributed by atoms with van der Waals surface area (Å²) in [5.74, 6) is -0.109. The third-order valence-corrected chi connectivity index (χ3v) is 5.11. The van der Waals surface area contributed by atoms with E-state index in [4.69, 9.17) is 14.2 Å². The lowest BCUT2D eigenvalue weighted by Crippen LogP contribution is -2.30. The highest BCUT2D eigenvalue weighted by Gasteiger charge is 2.17. The van der Waals surface area contributed by atoms with Gasteiger partial charge in [-0.3, -0.25) is 9.59 Å². The fourth-order valence-electron chi connectivity index (χ4n) is 3.26. The van der Waals surface area contributed by atoms with Gasteiger partial charge in [0.2, 0.25) is 0 Å². The van der Waals surface area contributed by atoms with Crippen molar-refractivity contribution in [1.82, 2.24) is 10.3 Å². The van der Waals surface area contributed by atoms with Crippen molar-refractivity contribution in [2.24, 2.45) is 0 Å². The van der Waals surface area contributed by atoms with Crippen molar-refractivity contribution < 1.29 is 33.3 Å². The first-order chi connectivity index (χ1) is 16.7. The maximum Gasteiger partial charge on any atom is 0.251 e. The van der Waals surface area contributed by atoms with E-state index in [0.29, 0.717) is 34.1 Å². The number of methoxy groups -OCH3 is 2. The molecule has 0 bridgehead atoms. The van der Waals surface area contributed by atoms with Gasteiger partial charge in [0, 0.05) is 11.1 Å². The second-order valence-corrected chi connectivity index (χ2v) is 7.84. The topological polar surface area (TPSA) is 107 Å². The minimum atomic E-state index is -0.659. The van der Waals surface area contributed by atoms with Gasteiger partial charge in [-0.05, 0) is 67.9 Å². The molecule has 35 heavy (non-hydrogen) atoms. The molecule has 0 saturated heterocycles. The quantitative estimate of drug-likeness (QED) is 0.425. The fourth-order valence-corrected chi connectivity index (χ4v) is 3.26. The third-order valence-electron chi connectivity index (χ3n) is 5.11. The summed E-state index contributed by atoms with van der Waals surface area (Å²) in [7, 11) is 2.92. The Morgan fingerprint density at radius 1 is 1.03 bits per heavy atom. The summed E-state index contributed by atoms with van der Waals surface area (Å²) in [6.07, 6.45) is -0.659. The second-order valence-electron chi connectivity index (χ2n) is 7.84. The standard InChI is InChI=1S/C26H27FN2O6/c1-15-11-17(5-7-19(15)27)25-23(33-3)10-8-20(29-25)21(31)13-28-26(32)18-6-9-22(24(12-18)34-4)35-14-16(2)30/h5-12,16,30H,13-14H2,1-4H3,(H,28,32). The lowest BCUT2D eigenvalue weighted by Gasteiger charge is -2.13. The molecule has 0 radical (unpaired) electrons. The lowest BCUT2D eigenvalue weighted by atomic mass is 10.1. The zero-order chi connectivity index (χ0) is 25.5. The van der Waals surface area contributed by atoms with Crippen LogP contribution in [-0.4, -0.2) is 55.3 Å². The number of halogens is 1. The van der Waals surface area contributed by atoms with Crippen molar-refractivity contribution in [1.29, 1.82) is 0 Å². The van der Waals surface area contributed by atoms with Crippen LogP contribution < -0.4 is 19.5 Å². The molecule has 0 aliphatic carbocycles. The number of aromatic nitrogens is 1. The number of amides is 1. The van der Waals surface area contributed by atoms with Crippen LogP contribution in [0.2, 0.25) is 0 Å². The molecule has 1 heterocycles. The monoisotopic (exact) mass is 482 g/mol. The van der Waals surface area contributed by atoms with E-state index in [1.165, 1.54) is 38.5 Å². The summed E-state index contributed by atoms with van der Waals surface area (Å²) < 4.78 is 29.8. The Labute approximate surface area is 202 Å². The van der Waals surface area contributed by atoms with Gasteiger partial charge in [-0.2, -0.15) is 0 Å². The molecule has 3 rings (SSSR count). The highest BCUT2D eigenvalue weighted by Crippen LogP contribution is 2.30. The molecule has 2 N–H and O–H groups in total. The Kier molecular flexibility index (Phi) is 8.38. The van der Waals surface area contributed by atoms with Gasteiger partial charge in [-0.15, -0.1) is 0 Å². The largest absolute Gasteiger partial charge is 0.494 e. The highest BCUT2D eigenvalue weighted by atomic mass is 19.1. The number of aliphatic hydroxyl groups excluding tert-OH is 1.